The fourth-order valence-corrected chi connectivity index (χ4v) is 3.51. The number of hydrogen-bond donors (Lipinski definition) is 0. The van der Waals surface area contributed by atoms with Crippen LogP contribution < -0.4 is 0 Å². The van der Waals surface area contributed by atoms with Gasteiger partial charge in [-0.05, 0) is 43.1 Å². The molecule has 6 heteroatoms. The Hall–Kier alpha value is -1.04. The van der Waals surface area contributed by atoms with E-state index in [4.69, 9.17) is 4.74 Å². The van der Waals surface area contributed by atoms with Crippen LogP contribution in [0.4, 0.5) is 13.2 Å². The lowest BCUT2D eigenvalue weighted by Crippen LogP contribution is -2.43. The summed E-state index contributed by atoms with van der Waals surface area (Å²) in [5.74, 6) is 0.00414. The summed E-state index contributed by atoms with van der Waals surface area (Å²) in [7, 11) is 0. The fourth-order valence-electron chi connectivity index (χ4n) is 3.51. The number of nitrogens with zero attached hydrogens (tertiary/aromatic N) is 2. The normalized spacial score (nSPS) is 21.0. The molecule has 0 amide bonds. The maximum atomic E-state index is 13.2. The van der Waals surface area contributed by atoms with Crippen LogP contribution in [0.2, 0.25) is 0 Å². The molecule has 1 aromatic rings. The maximum absolute atomic E-state index is 13.2. The number of hydrogen-bond acceptors (Lipinski definition) is 2. The minimum Gasteiger partial charge on any atom is -0.381 e. The van der Waals surface area contributed by atoms with E-state index in [2.05, 4.69) is 5.10 Å². The minimum atomic E-state index is -4.33. The van der Waals surface area contributed by atoms with E-state index in [1.165, 1.54) is 10.7 Å². The predicted octanol–water partition coefficient (Wildman–Crippen LogP) is 5.18. The van der Waals surface area contributed by atoms with E-state index in [1.807, 2.05) is 27.7 Å². The van der Waals surface area contributed by atoms with Crippen molar-refractivity contribution in [2.24, 2.45) is 5.41 Å². The molecule has 2 aliphatic rings. The van der Waals surface area contributed by atoms with Gasteiger partial charge in [0.05, 0.1) is 11.7 Å². The molecule has 1 aliphatic heterocycles. The smallest absolute Gasteiger partial charge is 0.381 e. The molecule has 1 aliphatic carbocycles. The van der Waals surface area contributed by atoms with Gasteiger partial charge in [-0.3, -0.25) is 4.68 Å². The lowest BCUT2D eigenvalue weighted by atomic mass is 9.61. The van der Waals surface area contributed by atoms with E-state index in [-0.39, 0.29) is 17.4 Å². The van der Waals surface area contributed by atoms with Crippen molar-refractivity contribution in [2.75, 3.05) is 13.2 Å². The first kappa shape index (κ1) is 18.3. The van der Waals surface area contributed by atoms with E-state index >= 15 is 0 Å². The third-order valence-corrected chi connectivity index (χ3v) is 4.87. The topological polar surface area (TPSA) is 27.1 Å². The quantitative estimate of drug-likeness (QED) is 0.746. The Kier molecular flexibility index (Phi) is 5.44. The molecule has 132 valence electrons. The Bertz CT molecular complexity index is 508. The minimum absolute atomic E-state index is 0.00414. The molecule has 0 atom stereocenters. The van der Waals surface area contributed by atoms with Crippen molar-refractivity contribution < 1.29 is 17.9 Å². The first-order valence-corrected chi connectivity index (χ1v) is 8.55. The monoisotopic (exact) mass is 332 g/mol. The lowest BCUT2D eigenvalue weighted by Gasteiger charge is -2.50. The predicted molar refractivity (Wildman–Crippen MR) is 83.4 cm³/mol. The second-order valence-corrected chi connectivity index (χ2v) is 6.73. The second kappa shape index (κ2) is 6.83. The highest BCUT2D eigenvalue weighted by molar-refractivity contribution is 5.18. The van der Waals surface area contributed by atoms with Crippen LogP contribution in [0.25, 0.3) is 0 Å². The summed E-state index contributed by atoms with van der Waals surface area (Å²) in [4.78, 5) is 0. The highest BCUT2D eigenvalue weighted by Crippen LogP contribution is 2.55. The molecule has 2 fully saturated rings. The summed E-state index contributed by atoms with van der Waals surface area (Å²) < 4.78 is 46.2. The zero-order valence-electron chi connectivity index (χ0n) is 14.4. The third-order valence-electron chi connectivity index (χ3n) is 4.87. The largest absolute Gasteiger partial charge is 0.433 e. The lowest BCUT2D eigenvalue weighted by molar-refractivity contribution is -0.148. The number of halogens is 3. The molecule has 1 spiro atoms. The Morgan fingerprint density at radius 2 is 1.78 bits per heavy atom. The Balaban J connectivity index is 0.000000924. The van der Waals surface area contributed by atoms with Gasteiger partial charge in [0.25, 0.3) is 0 Å². The summed E-state index contributed by atoms with van der Waals surface area (Å²) in [6, 6.07) is 1.09. The van der Waals surface area contributed by atoms with Crippen molar-refractivity contribution in [3.8, 4) is 0 Å². The second-order valence-electron chi connectivity index (χ2n) is 6.73. The summed E-state index contributed by atoms with van der Waals surface area (Å²) in [6.45, 7) is 9.20. The number of rotatable bonds is 2. The molecular formula is C17H27F3N2O. The molecule has 0 radical (unpaired) electrons. The molecule has 1 aromatic heterocycles. The highest BCUT2D eigenvalue weighted by Gasteiger charge is 2.48. The molecule has 3 nitrogen and oxygen atoms in total. The molecule has 0 N–H and O–H groups in total. The summed E-state index contributed by atoms with van der Waals surface area (Å²) in [5.41, 5.74) is 0.115. The van der Waals surface area contributed by atoms with Gasteiger partial charge in [0.15, 0.2) is 0 Å². The van der Waals surface area contributed by atoms with Gasteiger partial charge in [-0.1, -0.05) is 27.7 Å². The van der Waals surface area contributed by atoms with Gasteiger partial charge >= 0.3 is 6.18 Å². The van der Waals surface area contributed by atoms with Gasteiger partial charge in [-0.15, -0.1) is 0 Å². The maximum Gasteiger partial charge on any atom is 0.433 e. The van der Waals surface area contributed by atoms with E-state index in [0.717, 1.165) is 38.9 Å². The average molecular weight is 332 g/mol. The van der Waals surface area contributed by atoms with Crippen molar-refractivity contribution in [3.63, 3.8) is 0 Å². The Morgan fingerprint density at radius 1 is 1.22 bits per heavy atom. The fraction of sp³-hybridized carbons (Fsp3) is 0.824. The Morgan fingerprint density at radius 3 is 2.26 bits per heavy atom. The molecule has 3 rings (SSSR count). The Labute approximate surface area is 136 Å². The number of ether oxygens (including phenoxy) is 1. The van der Waals surface area contributed by atoms with Crippen molar-refractivity contribution in [2.45, 2.75) is 71.5 Å². The highest BCUT2D eigenvalue weighted by atomic mass is 19.4. The zero-order valence-corrected chi connectivity index (χ0v) is 14.4. The van der Waals surface area contributed by atoms with E-state index in [1.54, 1.807) is 0 Å². The summed E-state index contributed by atoms with van der Waals surface area (Å²) >= 11 is 0. The average Bonchev–Trinajstić information content (AvgIpc) is 2.93. The molecule has 0 aromatic carbocycles. The molecule has 1 saturated carbocycles. The van der Waals surface area contributed by atoms with Crippen LogP contribution in [-0.2, 0) is 10.9 Å². The van der Waals surface area contributed by atoms with E-state index in [0.29, 0.717) is 5.69 Å². The van der Waals surface area contributed by atoms with Gasteiger partial charge in [-0.25, -0.2) is 0 Å². The molecule has 0 unspecified atom stereocenters. The first-order chi connectivity index (χ1) is 10.8. The van der Waals surface area contributed by atoms with Gasteiger partial charge in [0.1, 0.15) is 5.69 Å². The molecule has 1 saturated heterocycles. The van der Waals surface area contributed by atoms with Gasteiger partial charge in [0, 0.05) is 13.2 Å². The van der Waals surface area contributed by atoms with Crippen LogP contribution in [0.1, 0.15) is 76.7 Å². The van der Waals surface area contributed by atoms with Gasteiger partial charge in [-0.2, -0.15) is 18.3 Å². The van der Waals surface area contributed by atoms with E-state index in [9.17, 15) is 13.2 Å². The molecule has 0 bridgehead atoms. The third kappa shape index (κ3) is 3.73. The number of alkyl halides is 3. The summed E-state index contributed by atoms with van der Waals surface area (Å²) in [6.07, 6.45) is -0.831. The van der Waals surface area contributed by atoms with Crippen LogP contribution in [-0.4, -0.2) is 23.0 Å². The van der Waals surface area contributed by atoms with Crippen LogP contribution in [0, 0.1) is 5.41 Å². The number of aromatic nitrogens is 2. The first-order valence-electron chi connectivity index (χ1n) is 8.55. The van der Waals surface area contributed by atoms with Crippen molar-refractivity contribution in [1.82, 2.24) is 9.78 Å². The van der Waals surface area contributed by atoms with Crippen LogP contribution >= 0.6 is 0 Å². The van der Waals surface area contributed by atoms with Crippen LogP contribution in [0.15, 0.2) is 6.07 Å². The van der Waals surface area contributed by atoms with Gasteiger partial charge in [0.2, 0.25) is 0 Å². The van der Waals surface area contributed by atoms with Crippen molar-refractivity contribution in [3.05, 3.63) is 17.5 Å². The van der Waals surface area contributed by atoms with E-state index < -0.39 is 11.9 Å². The molecular weight excluding hydrogens is 305 g/mol. The van der Waals surface area contributed by atoms with Crippen molar-refractivity contribution in [1.29, 1.82) is 0 Å². The van der Waals surface area contributed by atoms with Crippen LogP contribution in [0.3, 0.4) is 0 Å². The SMILES string of the molecule is CC.CC(C)c1cc(C(F)(F)F)n(C2CC3(CCOCC3)C2)n1. The van der Waals surface area contributed by atoms with Crippen molar-refractivity contribution >= 4 is 0 Å². The van der Waals surface area contributed by atoms with Gasteiger partial charge < -0.3 is 4.74 Å². The molecule has 23 heavy (non-hydrogen) atoms. The zero-order chi connectivity index (χ0) is 17.3. The standard InChI is InChI=1S/C15H21F3N2O.C2H6/c1-10(2)12-7-13(15(16,17)18)20(19-12)11-8-14(9-11)3-5-21-6-4-14;1-2/h7,10-11H,3-6,8-9H2,1-2H3;1-2H3. The van der Waals surface area contributed by atoms with Crippen LogP contribution in [0.5, 0.6) is 0 Å². The molecule has 2 heterocycles. The summed E-state index contributed by atoms with van der Waals surface area (Å²) in [5, 5.41) is 4.24.